The summed E-state index contributed by atoms with van der Waals surface area (Å²) in [6.07, 6.45) is 2.97. The van der Waals surface area contributed by atoms with Gasteiger partial charge in [0.2, 0.25) is 0 Å². The maximum Gasteiger partial charge on any atom is 0.315 e. The molecular weight excluding hydrogens is 283 g/mol. The van der Waals surface area contributed by atoms with E-state index in [-0.39, 0.29) is 36.5 Å². The quantitative estimate of drug-likeness (QED) is 0.783. The lowest BCUT2D eigenvalue weighted by Crippen LogP contribution is -2.45. The van der Waals surface area contributed by atoms with E-state index in [1.54, 1.807) is 6.07 Å². The number of nitrogens with one attached hydrogen (secondary N) is 2. The van der Waals surface area contributed by atoms with Crippen molar-refractivity contribution in [2.45, 2.75) is 51.6 Å². The maximum atomic E-state index is 13.9. The Morgan fingerprint density at radius 3 is 3.00 bits per heavy atom. The number of amides is 2. The molecule has 5 heteroatoms. The van der Waals surface area contributed by atoms with Crippen LogP contribution in [0.4, 0.5) is 9.18 Å². The zero-order valence-electron chi connectivity index (χ0n) is 13.2. The summed E-state index contributed by atoms with van der Waals surface area (Å²) in [5.74, 6) is 0.0840. The Hall–Kier alpha value is -1.62. The number of halogens is 1. The summed E-state index contributed by atoms with van der Waals surface area (Å²) in [6.45, 7) is 4.11. The monoisotopic (exact) mass is 308 g/mol. The molecule has 3 atom stereocenters. The first-order chi connectivity index (χ1) is 10.5. The molecule has 0 heterocycles. The van der Waals surface area contributed by atoms with E-state index in [1.165, 1.54) is 6.07 Å². The van der Waals surface area contributed by atoms with Gasteiger partial charge in [0.05, 0.1) is 6.04 Å². The van der Waals surface area contributed by atoms with Gasteiger partial charge in [-0.1, -0.05) is 19.1 Å². The summed E-state index contributed by atoms with van der Waals surface area (Å²) < 4.78 is 13.9. The van der Waals surface area contributed by atoms with Crippen LogP contribution in [-0.2, 0) is 6.42 Å². The minimum atomic E-state index is -0.237. The van der Waals surface area contributed by atoms with Crippen molar-refractivity contribution < 1.29 is 14.3 Å². The average Bonchev–Trinajstić information content (AvgIpc) is 2.48. The number of aliphatic hydroxyl groups excluding tert-OH is 1. The van der Waals surface area contributed by atoms with Crippen molar-refractivity contribution in [3.63, 3.8) is 0 Å². The number of hydrogen-bond acceptors (Lipinski definition) is 2. The summed E-state index contributed by atoms with van der Waals surface area (Å²) in [5.41, 5.74) is 1.61. The van der Waals surface area contributed by atoms with Gasteiger partial charge in [-0.05, 0) is 55.7 Å². The molecule has 0 radical (unpaired) electrons. The van der Waals surface area contributed by atoms with Gasteiger partial charge >= 0.3 is 6.03 Å². The van der Waals surface area contributed by atoms with Gasteiger partial charge in [-0.15, -0.1) is 0 Å². The number of rotatable bonds is 5. The molecular formula is C17H25FN2O2. The van der Waals surface area contributed by atoms with E-state index in [9.17, 15) is 9.18 Å². The van der Waals surface area contributed by atoms with Crippen LogP contribution in [0.1, 0.15) is 50.3 Å². The van der Waals surface area contributed by atoms with Crippen LogP contribution in [0.3, 0.4) is 0 Å². The van der Waals surface area contributed by atoms with Crippen molar-refractivity contribution in [1.82, 2.24) is 10.6 Å². The largest absolute Gasteiger partial charge is 0.396 e. The summed E-state index contributed by atoms with van der Waals surface area (Å²) >= 11 is 0. The van der Waals surface area contributed by atoms with Gasteiger partial charge in [-0.25, -0.2) is 9.18 Å². The van der Waals surface area contributed by atoms with Crippen molar-refractivity contribution in [3.8, 4) is 0 Å². The molecule has 0 aromatic heterocycles. The van der Waals surface area contributed by atoms with Crippen LogP contribution in [0.2, 0.25) is 0 Å². The number of hydrogen-bond donors (Lipinski definition) is 3. The minimum Gasteiger partial charge on any atom is -0.396 e. The normalized spacial score (nSPS) is 21.8. The standard InChI is InChI=1S/C17H25FN2O2/c1-11-8-9-13-14(6-3-7-15(13)18)16(11)20-17(22)19-12(2)5-4-10-21/h3,6-7,11-12,16,21H,4-5,8-10H2,1-2H3,(H2,19,20,22)/t11-,12-,16-/m1/s1. The zero-order valence-corrected chi connectivity index (χ0v) is 13.2. The molecule has 0 fully saturated rings. The van der Waals surface area contributed by atoms with E-state index in [0.29, 0.717) is 6.42 Å². The van der Waals surface area contributed by atoms with Crippen LogP contribution >= 0.6 is 0 Å². The third-order valence-corrected chi connectivity index (χ3v) is 4.37. The lowest BCUT2D eigenvalue weighted by molar-refractivity contribution is 0.223. The molecule has 3 N–H and O–H groups in total. The van der Waals surface area contributed by atoms with Gasteiger partial charge in [-0.3, -0.25) is 0 Å². The van der Waals surface area contributed by atoms with Gasteiger partial charge in [0.25, 0.3) is 0 Å². The topological polar surface area (TPSA) is 61.4 Å². The van der Waals surface area contributed by atoms with Gasteiger partial charge in [-0.2, -0.15) is 0 Å². The van der Waals surface area contributed by atoms with Crippen LogP contribution in [-0.4, -0.2) is 23.8 Å². The first-order valence-electron chi connectivity index (χ1n) is 7.98. The SMILES string of the molecule is C[C@H](CCCO)NC(=O)N[C@H]1c2cccc(F)c2CC[C@H]1C. The number of urea groups is 1. The Bertz CT molecular complexity index is 521. The van der Waals surface area contributed by atoms with Crippen molar-refractivity contribution in [1.29, 1.82) is 0 Å². The lowest BCUT2D eigenvalue weighted by atomic mass is 9.80. The van der Waals surface area contributed by atoms with Crippen molar-refractivity contribution in [2.24, 2.45) is 5.92 Å². The Kier molecular flexibility index (Phi) is 5.77. The third kappa shape index (κ3) is 3.97. The molecule has 1 aromatic rings. The van der Waals surface area contributed by atoms with Gasteiger partial charge in [0.15, 0.2) is 0 Å². The van der Waals surface area contributed by atoms with Crippen molar-refractivity contribution in [2.75, 3.05) is 6.61 Å². The maximum absolute atomic E-state index is 13.9. The predicted octanol–water partition coefficient (Wildman–Crippen LogP) is 2.91. The Labute approximate surface area is 131 Å². The Morgan fingerprint density at radius 1 is 1.50 bits per heavy atom. The summed E-state index contributed by atoms with van der Waals surface area (Å²) in [4.78, 5) is 12.1. The molecule has 2 rings (SSSR count). The van der Waals surface area contributed by atoms with Crippen LogP contribution in [0.5, 0.6) is 0 Å². The fraction of sp³-hybridized carbons (Fsp3) is 0.588. The molecule has 0 spiro atoms. The fourth-order valence-corrected chi connectivity index (χ4v) is 3.07. The highest BCUT2D eigenvalue weighted by Gasteiger charge is 2.29. The van der Waals surface area contributed by atoms with Gasteiger partial charge in [0.1, 0.15) is 5.82 Å². The Balaban J connectivity index is 2.03. The molecule has 0 saturated heterocycles. The molecule has 122 valence electrons. The highest BCUT2D eigenvalue weighted by Crippen LogP contribution is 2.35. The molecule has 0 aliphatic heterocycles. The van der Waals surface area contributed by atoms with Crippen LogP contribution in [0.25, 0.3) is 0 Å². The molecule has 0 bridgehead atoms. The summed E-state index contributed by atoms with van der Waals surface area (Å²) in [6, 6.07) is 4.67. The van der Waals surface area contributed by atoms with E-state index < -0.39 is 0 Å². The van der Waals surface area contributed by atoms with Gasteiger partial charge in [0, 0.05) is 12.6 Å². The zero-order chi connectivity index (χ0) is 16.1. The number of carbonyl (C=O) groups excluding carboxylic acids is 1. The predicted molar refractivity (Wildman–Crippen MR) is 84.1 cm³/mol. The molecule has 22 heavy (non-hydrogen) atoms. The Morgan fingerprint density at radius 2 is 2.27 bits per heavy atom. The highest BCUT2D eigenvalue weighted by atomic mass is 19.1. The molecule has 1 aliphatic rings. The van der Waals surface area contributed by atoms with Crippen molar-refractivity contribution in [3.05, 3.63) is 35.1 Å². The van der Waals surface area contributed by atoms with Crippen LogP contribution < -0.4 is 10.6 Å². The molecule has 1 aliphatic carbocycles. The van der Waals surface area contributed by atoms with E-state index in [2.05, 4.69) is 17.6 Å². The molecule has 0 unspecified atom stereocenters. The van der Waals surface area contributed by atoms with E-state index >= 15 is 0 Å². The number of benzene rings is 1. The highest BCUT2D eigenvalue weighted by molar-refractivity contribution is 5.75. The van der Waals surface area contributed by atoms with Crippen molar-refractivity contribution >= 4 is 6.03 Å². The second-order valence-electron chi connectivity index (χ2n) is 6.19. The number of fused-ring (bicyclic) bond motifs is 1. The minimum absolute atomic E-state index is 0.00183. The summed E-state index contributed by atoms with van der Waals surface area (Å²) in [7, 11) is 0. The molecule has 1 aromatic carbocycles. The molecule has 2 amide bonds. The number of carbonyl (C=O) groups is 1. The smallest absolute Gasteiger partial charge is 0.315 e. The average molecular weight is 308 g/mol. The van der Waals surface area contributed by atoms with Gasteiger partial charge < -0.3 is 15.7 Å². The first kappa shape index (κ1) is 16.7. The van der Waals surface area contributed by atoms with Crippen LogP contribution in [0, 0.1) is 11.7 Å². The van der Waals surface area contributed by atoms with E-state index in [4.69, 9.17) is 5.11 Å². The fourth-order valence-electron chi connectivity index (χ4n) is 3.07. The molecule has 0 saturated carbocycles. The van der Waals surface area contributed by atoms with E-state index in [1.807, 2.05) is 13.0 Å². The number of aliphatic hydroxyl groups is 1. The van der Waals surface area contributed by atoms with E-state index in [0.717, 1.165) is 30.4 Å². The molecule has 4 nitrogen and oxygen atoms in total. The summed E-state index contributed by atoms with van der Waals surface area (Å²) in [5, 5.41) is 14.7. The first-order valence-corrected chi connectivity index (χ1v) is 7.98. The second kappa shape index (κ2) is 7.58. The lowest BCUT2D eigenvalue weighted by Gasteiger charge is -2.32. The van der Waals surface area contributed by atoms with Crippen LogP contribution in [0.15, 0.2) is 18.2 Å². The second-order valence-corrected chi connectivity index (χ2v) is 6.19. The third-order valence-electron chi connectivity index (χ3n) is 4.37.